The first-order valence-electron chi connectivity index (χ1n) is 8.25. The van der Waals surface area contributed by atoms with Gasteiger partial charge in [-0.3, -0.25) is 4.79 Å². The quantitative estimate of drug-likeness (QED) is 0.193. The molecule has 0 aromatic heterocycles. The Morgan fingerprint density at radius 3 is 2.44 bits per heavy atom. The van der Waals surface area contributed by atoms with Gasteiger partial charge in [-0.1, -0.05) is 5.57 Å². The fourth-order valence-corrected chi connectivity index (χ4v) is 2.50. The van der Waals surface area contributed by atoms with Crippen LogP contribution in [0.4, 0.5) is 0 Å². The van der Waals surface area contributed by atoms with Gasteiger partial charge in [0, 0.05) is 11.6 Å². The Labute approximate surface area is 157 Å². The maximum atomic E-state index is 12.4. The van der Waals surface area contributed by atoms with Crippen LogP contribution < -0.4 is 4.74 Å². The van der Waals surface area contributed by atoms with Gasteiger partial charge >= 0.3 is 0 Å². The van der Waals surface area contributed by atoms with E-state index in [2.05, 4.69) is 6.58 Å². The number of ether oxygens (including phenoxy) is 1. The second kappa shape index (κ2) is 8.31. The van der Waals surface area contributed by atoms with E-state index in [0.29, 0.717) is 24.0 Å². The van der Waals surface area contributed by atoms with Gasteiger partial charge in [-0.05, 0) is 55.7 Å². The predicted molar refractivity (Wildman–Crippen MR) is 103 cm³/mol. The number of aryl methyl sites for hydroxylation is 1. The van der Waals surface area contributed by atoms with Crippen molar-refractivity contribution in [3.05, 3.63) is 59.2 Å². The van der Waals surface area contributed by atoms with E-state index in [1.807, 2.05) is 6.92 Å². The molecule has 0 radical (unpaired) electrons. The highest BCUT2D eigenvalue weighted by molar-refractivity contribution is 6.07. The Bertz CT molecular complexity index is 911. The van der Waals surface area contributed by atoms with Crippen LogP contribution >= 0.6 is 0 Å². The molecule has 6 nitrogen and oxygen atoms in total. The minimum atomic E-state index is -0.594. The molecule has 0 saturated carbocycles. The molecule has 0 aliphatic rings. The smallest absolute Gasteiger partial charge is 0.201 e. The van der Waals surface area contributed by atoms with Crippen molar-refractivity contribution in [1.29, 1.82) is 0 Å². The molecule has 0 unspecified atom stereocenters. The van der Waals surface area contributed by atoms with Gasteiger partial charge < -0.3 is 25.2 Å². The van der Waals surface area contributed by atoms with Gasteiger partial charge in [0.2, 0.25) is 5.75 Å². The first-order chi connectivity index (χ1) is 12.7. The lowest BCUT2D eigenvalue weighted by molar-refractivity contribution is 0.104. The molecule has 0 amide bonds. The average molecular weight is 370 g/mol. The SMILES string of the molecule is C=C(C)CCc1cc(C(=O)C=Cc2c(O)cc(OC)c(O)c2O)ccc1O. The molecule has 4 N–H and O–H groups in total. The third-order valence-corrected chi connectivity index (χ3v) is 4.06. The Kier molecular flexibility index (Phi) is 6.13. The number of methoxy groups -OCH3 is 1. The van der Waals surface area contributed by atoms with E-state index in [1.54, 1.807) is 6.07 Å². The molecular weight excluding hydrogens is 348 g/mol. The number of benzene rings is 2. The van der Waals surface area contributed by atoms with Gasteiger partial charge in [0.1, 0.15) is 11.5 Å². The molecule has 2 rings (SSSR count). The summed E-state index contributed by atoms with van der Waals surface area (Å²) in [7, 11) is 1.28. The molecule has 0 saturated heterocycles. The van der Waals surface area contributed by atoms with Crippen LogP contribution in [0.5, 0.6) is 28.7 Å². The lowest BCUT2D eigenvalue weighted by Gasteiger charge is -2.09. The molecule has 0 spiro atoms. The second-order valence-electron chi connectivity index (χ2n) is 6.21. The van der Waals surface area contributed by atoms with E-state index < -0.39 is 11.5 Å². The number of aromatic hydroxyl groups is 4. The highest BCUT2D eigenvalue weighted by Gasteiger charge is 2.16. The van der Waals surface area contributed by atoms with E-state index in [0.717, 1.165) is 17.7 Å². The van der Waals surface area contributed by atoms with Crippen molar-refractivity contribution in [2.75, 3.05) is 7.11 Å². The maximum absolute atomic E-state index is 12.4. The molecule has 0 bridgehead atoms. The van der Waals surface area contributed by atoms with E-state index in [4.69, 9.17) is 4.74 Å². The monoisotopic (exact) mass is 370 g/mol. The molecule has 142 valence electrons. The Balaban J connectivity index is 2.29. The fraction of sp³-hybridized carbons (Fsp3) is 0.190. The zero-order valence-corrected chi connectivity index (χ0v) is 15.2. The van der Waals surface area contributed by atoms with Gasteiger partial charge in [0.25, 0.3) is 0 Å². The average Bonchev–Trinajstić information content (AvgIpc) is 2.63. The van der Waals surface area contributed by atoms with Crippen LogP contribution in [0.3, 0.4) is 0 Å². The second-order valence-corrected chi connectivity index (χ2v) is 6.21. The van der Waals surface area contributed by atoms with Crippen LogP contribution in [0.25, 0.3) is 6.08 Å². The number of phenolic OH excluding ortho intramolecular Hbond substituents is 4. The zero-order chi connectivity index (χ0) is 20.1. The number of hydrogen-bond acceptors (Lipinski definition) is 6. The topological polar surface area (TPSA) is 107 Å². The van der Waals surface area contributed by atoms with E-state index in [9.17, 15) is 25.2 Å². The van der Waals surface area contributed by atoms with Crippen LogP contribution in [0.2, 0.25) is 0 Å². The normalized spacial score (nSPS) is 10.9. The highest BCUT2D eigenvalue weighted by Crippen LogP contribution is 2.43. The number of ketones is 1. The summed E-state index contributed by atoms with van der Waals surface area (Å²) >= 11 is 0. The molecule has 2 aromatic carbocycles. The molecule has 0 aliphatic carbocycles. The predicted octanol–water partition coefficient (Wildman–Crippen LogP) is 3.92. The van der Waals surface area contributed by atoms with Crippen molar-refractivity contribution < 1.29 is 30.0 Å². The van der Waals surface area contributed by atoms with E-state index in [1.165, 1.54) is 25.3 Å². The largest absolute Gasteiger partial charge is 0.508 e. The molecule has 2 aromatic rings. The van der Waals surface area contributed by atoms with Gasteiger partial charge in [0.15, 0.2) is 17.3 Å². The maximum Gasteiger partial charge on any atom is 0.201 e. The lowest BCUT2D eigenvalue weighted by atomic mass is 10.0. The number of allylic oxidation sites excluding steroid dienone is 2. The Morgan fingerprint density at radius 2 is 1.81 bits per heavy atom. The molecular formula is C21H22O6. The molecule has 0 fully saturated rings. The molecule has 27 heavy (non-hydrogen) atoms. The van der Waals surface area contributed by atoms with Crippen LogP contribution in [0.1, 0.15) is 34.8 Å². The summed E-state index contributed by atoms with van der Waals surface area (Å²) in [6, 6.07) is 5.66. The Hall–Kier alpha value is -3.41. The minimum Gasteiger partial charge on any atom is -0.508 e. The first-order valence-corrected chi connectivity index (χ1v) is 8.25. The highest BCUT2D eigenvalue weighted by atomic mass is 16.5. The standard InChI is InChI=1S/C21H22O6/c1-12(2)4-5-13-10-14(6-8-16(13)22)17(23)9-7-15-18(24)11-19(27-3)21(26)20(15)25/h6-11,22,24-26H,1,4-5H2,2-3H3. The van der Waals surface area contributed by atoms with Gasteiger partial charge in [-0.2, -0.15) is 0 Å². The molecule has 0 heterocycles. The van der Waals surface area contributed by atoms with Gasteiger partial charge in [0.05, 0.1) is 12.7 Å². The van der Waals surface area contributed by atoms with Crippen molar-refractivity contribution in [2.45, 2.75) is 19.8 Å². The van der Waals surface area contributed by atoms with Crippen LogP contribution in [0.15, 0.2) is 42.5 Å². The Morgan fingerprint density at radius 1 is 1.11 bits per heavy atom. The fourth-order valence-electron chi connectivity index (χ4n) is 2.50. The lowest BCUT2D eigenvalue weighted by Crippen LogP contribution is -1.97. The summed E-state index contributed by atoms with van der Waals surface area (Å²) < 4.78 is 4.83. The summed E-state index contributed by atoms with van der Waals surface area (Å²) in [5.41, 5.74) is 1.83. The number of hydrogen-bond donors (Lipinski definition) is 4. The van der Waals surface area contributed by atoms with Crippen molar-refractivity contribution in [3.63, 3.8) is 0 Å². The number of carbonyl (C=O) groups excluding carboxylic acids is 1. The third kappa shape index (κ3) is 4.61. The zero-order valence-electron chi connectivity index (χ0n) is 15.2. The number of carbonyl (C=O) groups is 1. The first kappa shape index (κ1) is 19.9. The van der Waals surface area contributed by atoms with E-state index in [-0.39, 0.29) is 28.6 Å². The molecule has 0 atom stereocenters. The van der Waals surface area contributed by atoms with Crippen molar-refractivity contribution in [1.82, 2.24) is 0 Å². The summed E-state index contributed by atoms with van der Waals surface area (Å²) in [5.74, 6) is -1.85. The van der Waals surface area contributed by atoms with Gasteiger partial charge in [-0.15, -0.1) is 6.58 Å². The van der Waals surface area contributed by atoms with Crippen LogP contribution in [-0.4, -0.2) is 33.3 Å². The van der Waals surface area contributed by atoms with Crippen molar-refractivity contribution in [2.24, 2.45) is 0 Å². The number of phenols is 4. The summed E-state index contributed by atoms with van der Waals surface area (Å²) in [4.78, 5) is 12.4. The molecule has 0 aliphatic heterocycles. The molecule has 6 heteroatoms. The van der Waals surface area contributed by atoms with E-state index >= 15 is 0 Å². The summed E-state index contributed by atoms with van der Waals surface area (Å²) in [6.07, 6.45) is 3.61. The van der Waals surface area contributed by atoms with Crippen molar-refractivity contribution in [3.8, 4) is 28.7 Å². The summed E-state index contributed by atoms with van der Waals surface area (Å²) in [6.45, 7) is 5.71. The summed E-state index contributed by atoms with van der Waals surface area (Å²) in [5, 5.41) is 39.7. The third-order valence-electron chi connectivity index (χ3n) is 4.06. The van der Waals surface area contributed by atoms with Crippen LogP contribution in [-0.2, 0) is 6.42 Å². The minimum absolute atomic E-state index is 0.0887. The van der Waals surface area contributed by atoms with Crippen LogP contribution in [0, 0.1) is 0 Å². The number of rotatable bonds is 7. The van der Waals surface area contributed by atoms with Crippen molar-refractivity contribution >= 4 is 11.9 Å². The van der Waals surface area contributed by atoms with Gasteiger partial charge in [-0.25, -0.2) is 0 Å².